The van der Waals surface area contributed by atoms with Gasteiger partial charge in [0.2, 0.25) is 5.56 Å². The van der Waals surface area contributed by atoms with Crippen molar-refractivity contribution >= 4 is 23.0 Å². The van der Waals surface area contributed by atoms with Gasteiger partial charge in [-0.3, -0.25) is 14.3 Å². The average Bonchev–Trinajstić information content (AvgIpc) is 3.17. The minimum Gasteiger partial charge on any atom is -0.333 e. The number of carbonyl (C=O) groups is 1. The average molecular weight is 485 g/mol. The zero-order chi connectivity index (χ0) is 25.2. The van der Waals surface area contributed by atoms with Crippen LogP contribution in [0.2, 0.25) is 0 Å². The summed E-state index contributed by atoms with van der Waals surface area (Å²) in [5.41, 5.74) is 6.23. The van der Waals surface area contributed by atoms with E-state index in [2.05, 4.69) is 28.2 Å². The maximum Gasteiger partial charge on any atom is 0.326 e. The summed E-state index contributed by atoms with van der Waals surface area (Å²) in [7, 11) is 0. The number of hydrogen-bond donors (Lipinski definition) is 2. The van der Waals surface area contributed by atoms with Crippen LogP contribution in [0.1, 0.15) is 33.5 Å². The van der Waals surface area contributed by atoms with Crippen molar-refractivity contribution < 1.29 is 9.18 Å². The molecule has 1 aliphatic rings. The molecule has 36 heavy (non-hydrogen) atoms. The van der Waals surface area contributed by atoms with Gasteiger partial charge in [-0.1, -0.05) is 35.9 Å². The second kappa shape index (κ2) is 9.95. The molecule has 0 radical (unpaired) electrons. The molecule has 2 N–H and O–H groups in total. The Bertz CT molecular complexity index is 1530. The SMILES string of the molecule is Cc1ccc(/C=C/CN2CCc3c(c4cc(C)ccc4n3C(=O)NCc3cc[nH]c(=O)c3)C2)c(F)c1. The Hall–Kier alpha value is -3.97. The van der Waals surface area contributed by atoms with Crippen molar-refractivity contribution in [2.24, 2.45) is 0 Å². The number of pyridine rings is 1. The highest BCUT2D eigenvalue weighted by Crippen LogP contribution is 2.31. The van der Waals surface area contributed by atoms with Crippen LogP contribution in [0.25, 0.3) is 17.0 Å². The molecule has 0 unspecified atom stereocenters. The van der Waals surface area contributed by atoms with Crippen LogP contribution in [0.5, 0.6) is 0 Å². The summed E-state index contributed by atoms with van der Waals surface area (Å²) >= 11 is 0. The Morgan fingerprint density at radius 1 is 1.11 bits per heavy atom. The third-order valence-electron chi connectivity index (χ3n) is 6.69. The molecule has 4 aromatic rings. The first kappa shape index (κ1) is 23.8. The molecular formula is C29H29FN4O2. The van der Waals surface area contributed by atoms with Gasteiger partial charge in [0.25, 0.3) is 0 Å². The second-order valence-electron chi connectivity index (χ2n) is 9.41. The van der Waals surface area contributed by atoms with Crippen molar-refractivity contribution in [2.75, 3.05) is 13.1 Å². The van der Waals surface area contributed by atoms with E-state index in [0.717, 1.165) is 51.8 Å². The fraction of sp³-hybridized carbons (Fsp3) is 0.241. The Morgan fingerprint density at radius 3 is 2.72 bits per heavy atom. The van der Waals surface area contributed by atoms with E-state index in [-0.39, 0.29) is 24.0 Å². The van der Waals surface area contributed by atoms with Gasteiger partial charge in [0, 0.05) is 61.5 Å². The van der Waals surface area contributed by atoms with Crippen molar-refractivity contribution in [3.05, 3.63) is 110 Å². The van der Waals surface area contributed by atoms with Crippen molar-refractivity contribution in [3.8, 4) is 0 Å². The first-order chi connectivity index (χ1) is 17.4. The Morgan fingerprint density at radius 2 is 1.92 bits per heavy atom. The van der Waals surface area contributed by atoms with Crippen molar-refractivity contribution in [2.45, 2.75) is 33.4 Å². The van der Waals surface area contributed by atoms with Gasteiger partial charge < -0.3 is 10.3 Å². The highest BCUT2D eigenvalue weighted by molar-refractivity contribution is 5.96. The van der Waals surface area contributed by atoms with E-state index < -0.39 is 0 Å². The molecule has 5 rings (SSSR count). The summed E-state index contributed by atoms with van der Waals surface area (Å²) in [5, 5.41) is 4.05. The number of nitrogens with zero attached hydrogens (tertiary/aromatic N) is 2. The number of aromatic amines is 1. The number of amides is 1. The maximum atomic E-state index is 14.2. The van der Waals surface area contributed by atoms with E-state index in [1.54, 1.807) is 29.0 Å². The van der Waals surface area contributed by atoms with Crippen LogP contribution < -0.4 is 10.9 Å². The van der Waals surface area contributed by atoms with Crippen LogP contribution in [-0.2, 0) is 19.5 Å². The number of aromatic nitrogens is 2. The zero-order valence-electron chi connectivity index (χ0n) is 20.5. The molecule has 0 atom stereocenters. The van der Waals surface area contributed by atoms with E-state index in [4.69, 9.17) is 0 Å². The maximum absolute atomic E-state index is 14.2. The van der Waals surface area contributed by atoms with Crippen molar-refractivity contribution in [1.82, 2.24) is 19.8 Å². The van der Waals surface area contributed by atoms with Crippen LogP contribution in [0.3, 0.4) is 0 Å². The number of halogens is 1. The molecule has 2 aromatic heterocycles. The molecule has 1 amide bonds. The van der Waals surface area contributed by atoms with E-state index in [0.29, 0.717) is 18.7 Å². The van der Waals surface area contributed by atoms with Crippen LogP contribution in [0.15, 0.2) is 65.6 Å². The van der Waals surface area contributed by atoms with Gasteiger partial charge in [-0.05, 0) is 54.8 Å². The minimum atomic E-state index is -0.211. The molecule has 6 nitrogen and oxygen atoms in total. The molecule has 0 aliphatic carbocycles. The van der Waals surface area contributed by atoms with E-state index >= 15 is 0 Å². The van der Waals surface area contributed by atoms with Gasteiger partial charge >= 0.3 is 6.03 Å². The Kier molecular flexibility index (Phi) is 6.57. The van der Waals surface area contributed by atoms with Gasteiger partial charge in [0.1, 0.15) is 5.82 Å². The van der Waals surface area contributed by atoms with Crippen LogP contribution in [-0.4, -0.2) is 33.6 Å². The van der Waals surface area contributed by atoms with E-state index in [1.807, 2.05) is 37.3 Å². The summed E-state index contributed by atoms with van der Waals surface area (Å²) in [6, 6.07) is 14.5. The molecule has 0 spiro atoms. The number of benzene rings is 2. The molecule has 184 valence electrons. The molecule has 0 fully saturated rings. The van der Waals surface area contributed by atoms with Gasteiger partial charge in [-0.2, -0.15) is 0 Å². The number of hydrogen-bond acceptors (Lipinski definition) is 3. The first-order valence-corrected chi connectivity index (χ1v) is 12.1. The molecule has 3 heterocycles. The number of rotatable bonds is 5. The molecular weight excluding hydrogens is 455 g/mol. The topological polar surface area (TPSA) is 70.1 Å². The standard InChI is InChI=1S/C29H29FN4O2/c1-19-6-8-26-23(14-19)24-18-33(12-3-4-22-7-5-20(2)15-25(22)30)13-10-27(24)34(26)29(36)32-17-21-9-11-31-28(35)16-21/h3-9,11,14-16H,10,12-13,17-18H2,1-2H3,(H,31,35)(H,32,36)/b4-3+. The summed E-state index contributed by atoms with van der Waals surface area (Å²) < 4.78 is 16.0. The monoisotopic (exact) mass is 484 g/mol. The van der Waals surface area contributed by atoms with Gasteiger partial charge in [-0.15, -0.1) is 0 Å². The van der Waals surface area contributed by atoms with E-state index in [1.165, 1.54) is 6.07 Å². The lowest BCUT2D eigenvalue weighted by molar-refractivity contribution is 0.240. The minimum absolute atomic E-state index is 0.194. The smallest absolute Gasteiger partial charge is 0.326 e. The number of fused-ring (bicyclic) bond motifs is 3. The molecule has 2 aromatic carbocycles. The first-order valence-electron chi connectivity index (χ1n) is 12.1. The van der Waals surface area contributed by atoms with Crippen LogP contribution >= 0.6 is 0 Å². The molecule has 0 saturated carbocycles. The third-order valence-corrected chi connectivity index (χ3v) is 6.69. The lowest BCUT2D eigenvalue weighted by Gasteiger charge is -2.27. The molecule has 0 saturated heterocycles. The zero-order valence-corrected chi connectivity index (χ0v) is 20.5. The lowest BCUT2D eigenvalue weighted by atomic mass is 10.0. The fourth-order valence-electron chi connectivity index (χ4n) is 4.87. The largest absolute Gasteiger partial charge is 0.333 e. The predicted octanol–water partition coefficient (Wildman–Crippen LogP) is 4.91. The molecule has 7 heteroatoms. The number of aryl methyl sites for hydroxylation is 2. The third kappa shape index (κ3) is 4.88. The summed E-state index contributed by atoms with van der Waals surface area (Å²) in [6.07, 6.45) is 6.14. The normalized spacial score (nSPS) is 13.9. The summed E-state index contributed by atoms with van der Waals surface area (Å²) in [5.74, 6) is -0.211. The Labute approximate surface area is 209 Å². The van der Waals surface area contributed by atoms with Gasteiger partial charge in [0.15, 0.2) is 0 Å². The van der Waals surface area contributed by atoms with E-state index in [9.17, 15) is 14.0 Å². The van der Waals surface area contributed by atoms with Crippen molar-refractivity contribution in [3.63, 3.8) is 0 Å². The van der Waals surface area contributed by atoms with Gasteiger partial charge in [-0.25, -0.2) is 9.18 Å². The van der Waals surface area contributed by atoms with Crippen molar-refractivity contribution in [1.29, 1.82) is 0 Å². The van der Waals surface area contributed by atoms with Crippen LogP contribution in [0.4, 0.5) is 9.18 Å². The number of carbonyl (C=O) groups excluding carboxylic acids is 1. The quantitative estimate of drug-likeness (QED) is 0.423. The van der Waals surface area contributed by atoms with Gasteiger partial charge in [0.05, 0.1) is 5.52 Å². The highest BCUT2D eigenvalue weighted by Gasteiger charge is 2.26. The second-order valence-corrected chi connectivity index (χ2v) is 9.41. The Balaban J connectivity index is 1.37. The summed E-state index contributed by atoms with van der Waals surface area (Å²) in [6.45, 7) is 6.41. The number of H-pyrrole nitrogens is 1. The highest BCUT2D eigenvalue weighted by atomic mass is 19.1. The molecule has 0 bridgehead atoms. The molecule has 1 aliphatic heterocycles. The predicted molar refractivity (Wildman–Crippen MR) is 141 cm³/mol. The lowest BCUT2D eigenvalue weighted by Crippen LogP contribution is -2.34. The number of nitrogens with one attached hydrogen (secondary N) is 2. The fourth-order valence-corrected chi connectivity index (χ4v) is 4.87. The summed E-state index contributed by atoms with van der Waals surface area (Å²) in [4.78, 5) is 29.8. The van der Waals surface area contributed by atoms with Crippen LogP contribution in [0, 0.1) is 19.7 Å².